The first-order valence-corrected chi connectivity index (χ1v) is 10.9. The number of fused-ring (bicyclic) bond motifs is 4. The summed E-state index contributed by atoms with van der Waals surface area (Å²) in [6, 6.07) is 20.5. The number of rotatable bonds is 3. The lowest BCUT2D eigenvalue weighted by molar-refractivity contribution is -0.135. The largest absolute Gasteiger partial charge is 0.497 e. The first-order chi connectivity index (χ1) is 16.6. The Morgan fingerprint density at radius 2 is 1.85 bits per heavy atom. The number of allylic oxidation sites excluding steroid dienone is 1. The van der Waals surface area contributed by atoms with E-state index in [1.54, 1.807) is 31.5 Å². The van der Waals surface area contributed by atoms with Crippen LogP contribution < -0.4 is 14.2 Å². The number of benzene rings is 3. The number of carbonyl (C=O) groups is 2. The third kappa shape index (κ3) is 3.31. The molecule has 0 N–H and O–H groups in total. The van der Waals surface area contributed by atoms with Gasteiger partial charge in [-0.2, -0.15) is 0 Å². The zero-order chi connectivity index (χ0) is 23.2. The summed E-state index contributed by atoms with van der Waals surface area (Å²) in [7, 11) is 1.60. The topological polar surface area (TPSA) is 74.7 Å². The van der Waals surface area contributed by atoms with Crippen molar-refractivity contribution < 1.29 is 23.8 Å². The van der Waals surface area contributed by atoms with Crippen molar-refractivity contribution in [1.29, 1.82) is 0 Å². The third-order valence-electron chi connectivity index (χ3n) is 6.22. The van der Waals surface area contributed by atoms with Crippen LogP contribution >= 0.6 is 0 Å². The van der Waals surface area contributed by atoms with Gasteiger partial charge in [0.15, 0.2) is 5.76 Å². The van der Waals surface area contributed by atoms with Crippen LogP contribution in [0, 0.1) is 0 Å². The Morgan fingerprint density at radius 1 is 1.00 bits per heavy atom. The number of carbonyl (C=O) groups excluding carboxylic acids is 2. The van der Waals surface area contributed by atoms with Crippen LogP contribution in [0.5, 0.6) is 17.2 Å². The second kappa shape index (κ2) is 7.85. The summed E-state index contributed by atoms with van der Waals surface area (Å²) in [6.45, 7) is 0. The minimum absolute atomic E-state index is 0.157. The highest BCUT2D eigenvalue weighted by Crippen LogP contribution is 2.49. The van der Waals surface area contributed by atoms with Crippen molar-refractivity contribution in [3.8, 4) is 17.2 Å². The molecule has 1 unspecified atom stereocenters. The van der Waals surface area contributed by atoms with Gasteiger partial charge < -0.3 is 14.2 Å². The summed E-state index contributed by atoms with van der Waals surface area (Å²) < 4.78 is 16.9. The first kappa shape index (κ1) is 20.2. The van der Waals surface area contributed by atoms with E-state index in [0.717, 1.165) is 27.8 Å². The van der Waals surface area contributed by atoms with Crippen LogP contribution in [0.1, 0.15) is 39.4 Å². The zero-order valence-electron chi connectivity index (χ0n) is 18.3. The van der Waals surface area contributed by atoms with Crippen LogP contribution in [0.4, 0.5) is 0 Å². The Balaban J connectivity index is 1.44. The normalized spacial score (nSPS) is 17.8. The summed E-state index contributed by atoms with van der Waals surface area (Å²) in [6.07, 6.45) is 3.61. The Hall–Kier alpha value is -4.45. The second-order valence-electron chi connectivity index (χ2n) is 8.25. The molecule has 0 spiro atoms. The monoisotopic (exact) mass is 449 g/mol. The number of hydrogen-bond acceptors (Lipinski definition) is 6. The molecule has 6 heteroatoms. The molecule has 166 valence electrons. The number of hydrogen-bond donors (Lipinski definition) is 0. The van der Waals surface area contributed by atoms with Crippen LogP contribution in [0.3, 0.4) is 0 Å². The van der Waals surface area contributed by atoms with E-state index in [-0.39, 0.29) is 29.9 Å². The van der Waals surface area contributed by atoms with Gasteiger partial charge in [-0.05, 0) is 59.7 Å². The number of Topliss-reactive ketones (excluding diaryl/α,β-unsaturated/α-hetero) is 1. The van der Waals surface area contributed by atoms with E-state index in [0.29, 0.717) is 22.6 Å². The van der Waals surface area contributed by atoms with Gasteiger partial charge in [0.05, 0.1) is 24.6 Å². The SMILES string of the molecule is COc1ccc(/C=C2\Oc3c(ccc4c3C(c3ccc5ncccc5c3)CC(=O)O4)C2=O)cc1. The Kier molecular flexibility index (Phi) is 4.66. The van der Waals surface area contributed by atoms with Gasteiger partial charge in [-0.25, -0.2) is 0 Å². The lowest BCUT2D eigenvalue weighted by atomic mass is 9.84. The molecule has 2 aliphatic rings. The van der Waals surface area contributed by atoms with E-state index in [2.05, 4.69) is 4.98 Å². The average Bonchev–Trinajstić information content (AvgIpc) is 3.18. The molecule has 0 amide bonds. The maximum absolute atomic E-state index is 13.2. The van der Waals surface area contributed by atoms with E-state index in [4.69, 9.17) is 14.2 Å². The molecule has 6 rings (SSSR count). The van der Waals surface area contributed by atoms with Gasteiger partial charge in [-0.15, -0.1) is 0 Å². The molecule has 3 heterocycles. The highest BCUT2D eigenvalue weighted by atomic mass is 16.5. The molecule has 1 atom stereocenters. The van der Waals surface area contributed by atoms with Gasteiger partial charge in [0, 0.05) is 23.1 Å². The maximum atomic E-state index is 13.2. The minimum Gasteiger partial charge on any atom is -0.497 e. The lowest BCUT2D eigenvalue weighted by Crippen LogP contribution is -2.21. The van der Waals surface area contributed by atoms with E-state index in [1.165, 1.54) is 0 Å². The summed E-state index contributed by atoms with van der Waals surface area (Å²) in [4.78, 5) is 30.0. The van der Waals surface area contributed by atoms with Gasteiger partial charge in [0.1, 0.15) is 17.2 Å². The predicted molar refractivity (Wildman–Crippen MR) is 126 cm³/mol. The predicted octanol–water partition coefficient (Wildman–Crippen LogP) is 5.30. The second-order valence-corrected chi connectivity index (χ2v) is 8.25. The smallest absolute Gasteiger partial charge is 0.312 e. The van der Waals surface area contributed by atoms with Crippen molar-refractivity contribution in [1.82, 2.24) is 4.98 Å². The molecule has 1 aromatic heterocycles. The fourth-order valence-electron chi connectivity index (χ4n) is 4.55. The number of ketones is 1. The highest BCUT2D eigenvalue weighted by Gasteiger charge is 2.38. The van der Waals surface area contributed by atoms with Crippen molar-refractivity contribution in [2.75, 3.05) is 7.11 Å². The first-order valence-electron chi connectivity index (χ1n) is 10.9. The van der Waals surface area contributed by atoms with Crippen molar-refractivity contribution >= 4 is 28.7 Å². The molecule has 4 aromatic rings. The van der Waals surface area contributed by atoms with E-state index >= 15 is 0 Å². The lowest BCUT2D eigenvalue weighted by Gasteiger charge is -2.26. The van der Waals surface area contributed by atoms with Crippen molar-refractivity contribution in [2.24, 2.45) is 0 Å². The number of aromatic nitrogens is 1. The molecule has 0 fully saturated rings. The van der Waals surface area contributed by atoms with Crippen LogP contribution in [0.15, 0.2) is 78.7 Å². The maximum Gasteiger partial charge on any atom is 0.312 e. The van der Waals surface area contributed by atoms with Gasteiger partial charge in [0.2, 0.25) is 5.78 Å². The van der Waals surface area contributed by atoms with Gasteiger partial charge in [-0.1, -0.05) is 24.3 Å². The van der Waals surface area contributed by atoms with E-state index < -0.39 is 0 Å². The molecule has 0 radical (unpaired) electrons. The quantitative estimate of drug-likeness (QED) is 0.240. The van der Waals surface area contributed by atoms with Crippen LogP contribution in [-0.4, -0.2) is 23.8 Å². The minimum atomic E-state index is -0.318. The average molecular weight is 449 g/mol. The molecule has 0 saturated carbocycles. The van der Waals surface area contributed by atoms with Gasteiger partial charge >= 0.3 is 5.97 Å². The number of esters is 1. The standard InChI is InChI=1S/C28H19NO5/c1-32-19-7-4-16(5-8-19)13-24-27(31)20-9-11-23-26(28(20)34-24)21(15-25(30)33-23)17-6-10-22-18(14-17)3-2-12-29-22/h2-14,21H,15H2,1H3/b24-13-. The van der Waals surface area contributed by atoms with Crippen molar-refractivity contribution in [3.63, 3.8) is 0 Å². The van der Waals surface area contributed by atoms with E-state index in [9.17, 15) is 9.59 Å². The molecule has 0 saturated heterocycles. The Bertz CT molecular complexity index is 1500. The number of pyridine rings is 1. The summed E-state index contributed by atoms with van der Waals surface area (Å²) in [5.74, 6) is 1.01. The van der Waals surface area contributed by atoms with E-state index in [1.807, 2.05) is 54.6 Å². The van der Waals surface area contributed by atoms with Gasteiger partial charge in [0.25, 0.3) is 0 Å². The Labute approximate surface area is 195 Å². The molecular weight excluding hydrogens is 430 g/mol. The van der Waals surface area contributed by atoms with Gasteiger partial charge in [-0.3, -0.25) is 14.6 Å². The molecule has 6 nitrogen and oxygen atoms in total. The van der Waals surface area contributed by atoms with Crippen molar-refractivity contribution in [2.45, 2.75) is 12.3 Å². The molecule has 0 bridgehead atoms. The van der Waals surface area contributed by atoms with Crippen LogP contribution in [0.2, 0.25) is 0 Å². The number of methoxy groups -OCH3 is 1. The van der Waals surface area contributed by atoms with Crippen LogP contribution in [0.25, 0.3) is 17.0 Å². The van der Waals surface area contributed by atoms with Crippen molar-refractivity contribution in [3.05, 3.63) is 101 Å². The summed E-state index contributed by atoms with van der Waals surface area (Å²) in [5, 5.41) is 0.977. The number of ether oxygens (including phenoxy) is 3. The third-order valence-corrected chi connectivity index (χ3v) is 6.22. The molecule has 0 aliphatic carbocycles. The fourth-order valence-corrected chi connectivity index (χ4v) is 4.55. The fraction of sp³-hybridized carbons (Fsp3) is 0.107. The molecular formula is C28H19NO5. The number of nitrogens with zero attached hydrogens (tertiary/aromatic N) is 1. The Morgan fingerprint density at radius 3 is 2.68 bits per heavy atom. The molecule has 34 heavy (non-hydrogen) atoms. The molecule has 3 aromatic carbocycles. The van der Waals surface area contributed by atoms with Crippen LogP contribution in [-0.2, 0) is 4.79 Å². The molecule has 2 aliphatic heterocycles. The highest BCUT2D eigenvalue weighted by molar-refractivity contribution is 6.15. The summed E-state index contributed by atoms with van der Waals surface area (Å²) >= 11 is 0. The zero-order valence-corrected chi connectivity index (χ0v) is 18.3. The summed E-state index contributed by atoms with van der Waals surface area (Å²) in [5.41, 5.74) is 3.81.